The minimum atomic E-state index is -0.956. The number of carbonyl (C=O) groups is 1. The lowest BCUT2D eigenvalue weighted by molar-refractivity contribution is 0.0696. The van der Waals surface area contributed by atoms with Gasteiger partial charge in [0.1, 0.15) is 0 Å². The van der Waals surface area contributed by atoms with E-state index in [1.807, 2.05) is 13.8 Å². The number of carboxylic acids is 1. The summed E-state index contributed by atoms with van der Waals surface area (Å²) in [7, 11) is 0. The Morgan fingerprint density at radius 2 is 2.11 bits per heavy atom. The molecule has 1 saturated carbocycles. The molecule has 0 atom stereocenters. The molecule has 2 rings (SSSR count). The van der Waals surface area contributed by atoms with Gasteiger partial charge in [0, 0.05) is 0 Å². The molecule has 1 N–H and O–H groups in total. The summed E-state index contributed by atoms with van der Waals surface area (Å²) in [5, 5.41) is 18.3. The summed E-state index contributed by atoms with van der Waals surface area (Å²) < 4.78 is 0. The molecule has 1 aliphatic carbocycles. The largest absolute Gasteiger partial charge is 0.478 e. The standard InChI is InChI=1S/C15H17NO2/c1-9-10(2)14(15(17)18)7-12(8-16)13(9)6-11-4-3-5-11/h7,11H,3-6H2,1-2H3,(H,17,18). The van der Waals surface area contributed by atoms with Gasteiger partial charge in [-0.25, -0.2) is 4.79 Å². The van der Waals surface area contributed by atoms with E-state index in [9.17, 15) is 10.1 Å². The average molecular weight is 243 g/mol. The van der Waals surface area contributed by atoms with Crippen LogP contribution >= 0.6 is 0 Å². The Kier molecular flexibility index (Phi) is 3.38. The van der Waals surface area contributed by atoms with Crippen LogP contribution in [-0.4, -0.2) is 11.1 Å². The van der Waals surface area contributed by atoms with Crippen LogP contribution in [0.25, 0.3) is 0 Å². The molecule has 0 saturated heterocycles. The molecule has 18 heavy (non-hydrogen) atoms. The first-order chi connectivity index (χ1) is 8.54. The lowest BCUT2D eigenvalue weighted by Gasteiger charge is -2.27. The van der Waals surface area contributed by atoms with E-state index in [-0.39, 0.29) is 5.56 Å². The molecule has 1 aromatic rings. The van der Waals surface area contributed by atoms with Crippen molar-refractivity contribution in [2.45, 2.75) is 39.5 Å². The van der Waals surface area contributed by atoms with Crippen molar-refractivity contribution in [3.63, 3.8) is 0 Å². The molecule has 0 bridgehead atoms. The van der Waals surface area contributed by atoms with E-state index >= 15 is 0 Å². The number of nitriles is 1. The Balaban J connectivity index is 2.48. The van der Waals surface area contributed by atoms with E-state index in [1.54, 1.807) is 0 Å². The molecule has 0 radical (unpaired) electrons. The molecule has 1 aliphatic rings. The second kappa shape index (κ2) is 4.81. The van der Waals surface area contributed by atoms with Crippen LogP contribution in [0.2, 0.25) is 0 Å². The van der Waals surface area contributed by atoms with Crippen molar-refractivity contribution in [2.75, 3.05) is 0 Å². The summed E-state index contributed by atoms with van der Waals surface area (Å²) in [6.45, 7) is 3.75. The second-order valence-corrected chi connectivity index (χ2v) is 5.12. The van der Waals surface area contributed by atoms with Gasteiger partial charge in [-0.15, -0.1) is 0 Å². The van der Waals surface area contributed by atoms with Crippen LogP contribution in [0.4, 0.5) is 0 Å². The molecule has 1 fully saturated rings. The van der Waals surface area contributed by atoms with Gasteiger partial charge in [0.15, 0.2) is 0 Å². The van der Waals surface area contributed by atoms with Crippen molar-refractivity contribution in [1.29, 1.82) is 5.26 Å². The van der Waals surface area contributed by atoms with Gasteiger partial charge >= 0.3 is 5.97 Å². The third kappa shape index (κ3) is 2.11. The number of hydrogen-bond acceptors (Lipinski definition) is 2. The third-order valence-electron chi connectivity index (χ3n) is 4.10. The second-order valence-electron chi connectivity index (χ2n) is 5.12. The smallest absolute Gasteiger partial charge is 0.336 e. The summed E-state index contributed by atoms with van der Waals surface area (Å²) in [4.78, 5) is 11.1. The fourth-order valence-corrected chi connectivity index (χ4v) is 2.54. The van der Waals surface area contributed by atoms with Crippen LogP contribution in [0.3, 0.4) is 0 Å². The lowest BCUT2D eigenvalue weighted by atomic mass is 9.78. The third-order valence-corrected chi connectivity index (χ3v) is 4.10. The minimum Gasteiger partial charge on any atom is -0.478 e. The van der Waals surface area contributed by atoms with E-state index in [0.717, 1.165) is 23.1 Å². The Morgan fingerprint density at radius 3 is 2.56 bits per heavy atom. The van der Waals surface area contributed by atoms with Crippen LogP contribution in [0.5, 0.6) is 0 Å². The van der Waals surface area contributed by atoms with Gasteiger partial charge in [-0.2, -0.15) is 5.26 Å². The van der Waals surface area contributed by atoms with Gasteiger partial charge in [-0.3, -0.25) is 0 Å². The molecule has 1 aromatic carbocycles. The molecule has 0 spiro atoms. The molecule has 94 valence electrons. The summed E-state index contributed by atoms with van der Waals surface area (Å²) in [5.41, 5.74) is 3.59. The van der Waals surface area contributed by atoms with Crippen molar-refractivity contribution in [2.24, 2.45) is 5.92 Å². The highest BCUT2D eigenvalue weighted by molar-refractivity contribution is 5.90. The number of nitrogens with zero attached hydrogens (tertiary/aromatic N) is 1. The van der Waals surface area contributed by atoms with E-state index in [0.29, 0.717) is 11.5 Å². The van der Waals surface area contributed by atoms with Gasteiger partial charge in [0.05, 0.1) is 17.2 Å². The van der Waals surface area contributed by atoms with Crippen LogP contribution in [0, 0.1) is 31.1 Å². The summed E-state index contributed by atoms with van der Waals surface area (Å²) in [5.74, 6) is -0.284. The predicted octanol–water partition coefficient (Wildman–Crippen LogP) is 3.22. The van der Waals surface area contributed by atoms with Gasteiger partial charge in [0.25, 0.3) is 0 Å². The van der Waals surface area contributed by atoms with Crippen LogP contribution in [0.15, 0.2) is 6.07 Å². The van der Waals surface area contributed by atoms with Crippen LogP contribution in [-0.2, 0) is 6.42 Å². The highest BCUT2D eigenvalue weighted by Crippen LogP contribution is 2.33. The Labute approximate surface area is 107 Å². The molecule has 0 unspecified atom stereocenters. The zero-order chi connectivity index (χ0) is 13.3. The Hall–Kier alpha value is -1.82. The quantitative estimate of drug-likeness (QED) is 0.886. The van der Waals surface area contributed by atoms with Crippen molar-refractivity contribution in [3.8, 4) is 6.07 Å². The Bertz CT molecular complexity index is 536. The maximum absolute atomic E-state index is 11.1. The summed E-state index contributed by atoms with van der Waals surface area (Å²) in [6, 6.07) is 3.68. The first-order valence-electron chi connectivity index (χ1n) is 6.31. The number of aromatic carboxylic acids is 1. The van der Waals surface area contributed by atoms with Crippen molar-refractivity contribution < 1.29 is 9.90 Å². The molecular weight excluding hydrogens is 226 g/mol. The topological polar surface area (TPSA) is 61.1 Å². The first kappa shape index (κ1) is 12.6. The highest BCUT2D eigenvalue weighted by atomic mass is 16.4. The summed E-state index contributed by atoms with van der Waals surface area (Å²) in [6.07, 6.45) is 4.64. The fourth-order valence-electron chi connectivity index (χ4n) is 2.54. The number of carboxylic acid groups (broad SMARTS) is 1. The molecule has 0 amide bonds. The normalized spacial score (nSPS) is 14.9. The van der Waals surface area contributed by atoms with Crippen molar-refractivity contribution in [1.82, 2.24) is 0 Å². The minimum absolute atomic E-state index is 0.251. The first-order valence-corrected chi connectivity index (χ1v) is 6.31. The van der Waals surface area contributed by atoms with Gasteiger partial charge in [-0.1, -0.05) is 19.3 Å². The van der Waals surface area contributed by atoms with Crippen LogP contribution in [0.1, 0.15) is 51.9 Å². The predicted molar refractivity (Wildman–Crippen MR) is 68.6 cm³/mol. The molecular formula is C15H17NO2. The molecule has 0 aromatic heterocycles. The van der Waals surface area contributed by atoms with Crippen LogP contribution < -0.4 is 0 Å². The lowest BCUT2D eigenvalue weighted by Crippen LogP contribution is -2.16. The average Bonchev–Trinajstić information content (AvgIpc) is 2.28. The zero-order valence-corrected chi connectivity index (χ0v) is 10.8. The van der Waals surface area contributed by atoms with E-state index < -0.39 is 5.97 Å². The zero-order valence-electron chi connectivity index (χ0n) is 10.8. The van der Waals surface area contributed by atoms with Crippen molar-refractivity contribution >= 4 is 5.97 Å². The molecule has 0 aliphatic heterocycles. The highest BCUT2D eigenvalue weighted by Gasteiger charge is 2.22. The number of benzene rings is 1. The monoisotopic (exact) mass is 243 g/mol. The van der Waals surface area contributed by atoms with Gasteiger partial charge < -0.3 is 5.11 Å². The maximum Gasteiger partial charge on any atom is 0.336 e. The number of rotatable bonds is 3. The molecule has 0 heterocycles. The van der Waals surface area contributed by atoms with Crippen molar-refractivity contribution in [3.05, 3.63) is 33.9 Å². The fraction of sp³-hybridized carbons (Fsp3) is 0.467. The van der Waals surface area contributed by atoms with E-state index in [2.05, 4.69) is 6.07 Å². The molecule has 3 heteroatoms. The van der Waals surface area contributed by atoms with E-state index in [4.69, 9.17) is 5.11 Å². The summed E-state index contributed by atoms with van der Waals surface area (Å²) >= 11 is 0. The Morgan fingerprint density at radius 1 is 1.44 bits per heavy atom. The SMILES string of the molecule is Cc1c(C(=O)O)cc(C#N)c(CC2CCC2)c1C. The van der Waals surface area contributed by atoms with Gasteiger partial charge in [0.2, 0.25) is 0 Å². The van der Waals surface area contributed by atoms with E-state index in [1.165, 1.54) is 25.3 Å². The maximum atomic E-state index is 11.1. The molecule has 3 nitrogen and oxygen atoms in total. The number of hydrogen-bond donors (Lipinski definition) is 1. The van der Waals surface area contributed by atoms with Gasteiger partial charge in [-0.05, 0) is 48.9 Å².